The van der Waals surface area contributed by atoms with Crippen LogP contribution in [0.5, 0.6) is 0 Å². The van der Waals surface area contributed by atoms with Crippen molar-refractivity contribution in [2.75, 3.05) is 33.9 Å². The topological polar surface area (TPSA) is 36.9 Å². The molecule has 0 heterocycles. The largest absolute Gasteiger partial charge is 0.381 e. The predicted octanol–water partition coefficient (Wildman–Crippen LogP) is 3.27. The summed E-state index contributed by atoms with van der Waals surface area (Å²) in [6, 6.07) is 6.65. The van der Waals surface area contributed by atoms with Gasteiger partial charge in [-0.2, -0.15) is 0 Å². The quantitative estimate of drug-likeness (QED) is 0.295. The van der Waals surface area contributed by atoms with Crippen molar-refractivity contribution in [3.63, 3.8) is 0 Å². The second kappa shape index (κ2) is 10.8. The first-order valence-electron chi connectivity index (χ1n) is 7.93. The predicted molar refractivity (Wildman–Crippen MR) is 103 cm³/mol. The summed E-state index contributed by atoms with van der Waals surface area (Å²) in [4.78, 5) is 6.25. The molecule has 23 heavy (non-hydrogen) atoms. The second-order valence-electron chi connectivity index (χ2n) is 5.83. The molecule has 4 nitrogen and oxygen atoms in total. The molecule has 1 aromatic carbocycles. The molecule has 1 aromatic rings. The Morgan fingerprint density at radius 1 is 1.43 bits per heavy atom. The monoisotopic (exact) mass is 435 g/mol. The lowest BCUT2D eigenvalue weighted by Gasteiger charge is -2.22. The Kier molecular flexibility index (Phi) is 9.47. The summed E-state index contributed by atoms with van der Waals surface area (Å²) < 4.78 is 18.8. The summed E-state index contributed by atoms with van der Waals surface area (Å²) in [5.41, 5.74) is 0.929. The van der Waals surface area contributed by atoms with Gasteiger partial charge in [0.2, 0.25) is 0 Å². The number of guanidine groups is 1. The molecule has 130 valence electrons. The van der Waals surface area contributed by atoms with Crippen LogP contribution in [0.4, 0.5) is 4.39 Å². The van der Waals surface area contributed by atoms with Gasteiger partial charge >= 0.3 is 0 Å². The normalized spacial score (nSPS) is 14.3. The SMILES string of the molecule is CN=C(NCCCOCC1CC1)N(C)Cc1cccc(F)c1.I. The molecule has 1 saturated carbocycles. The van der Waals surface area contributed by atoms with Gasteiger partial charge in [-0.05, 0) is 42.9 Å². The average Bonchev–Trinajstić information content (AvgIpc) is 3.30. The van der Waals surface area contributed by atoms with Crippen molar-refractivity contribution in [3.05, 3.63) is 35.6 Å². The van der Waals surface area contributed by atoms with E-state index in [4.69, 9.17) is 4.74 Å². The number of halogens is 2. The van der Waals surface area contributed by atoms with Crippen molar-refractivity contribution < 1.29 is 9.13 Å². The fraction of sp³-hybridized carbons (Fsp3) is 0.588. The Morgan fingerprint density at radius 3 is 2.87 bits per heavy atom. The van der Waals surface area contributed by atoms with E-state index in [9.17, 15) is 4.39 Å². The van der Waals surface area contributed by atoms with Crippen LogP contribution in [0.15, 0.2) is 29.3 Å². The van der Waals surface area contributed by atoms with Crippen LogP contribution < -0.4 is 5.32 Å². The van der Waals surface area contributed by atoms with Crippen LogP contribution in [-0.4, -0.2) is 44.7 Å². The molecule has 2 rings (SSSR count). The van der Waals surface area contributed by atoms with Crippen LogP contribution in [0, 0.1) is 11.7 Å². The Balaban J connectivity index is 0.00000264. The van der Waals surface area contributed by atoms with Crippen LogP contribution >= 0.6 is 24.0 Å². The van der Waals surface area contributed by atoms with Gasteiger partial charge in [0, 0.05) is 40.4 Å². The zero-order valence-corrected chi connectivity index (χ0v) is 16.3. The third-order valence-electron chi connectivity index (χ3n) is 3.68. The van der Waals surface area contributed by atoms with Gasteiger partial charge in [0.1, 0.15) is 5.82 Å². The molecule has 0 amide bonds. The van der Waals surface area contributed by atoms with Crippen LogP contribution in [0.25, 0.3) is 0 Å². The van der Waals surface area contributed by atoms with E-state index in [0.29, 0.717) is 6.54 Å². The molecule has 1 fully saturated rings. The molecule has 1 aliphatic carbocycles. The Bertz CT molecular complexity index is 494. The molecule has 0 spiro atoms. The number of nitrogens with zero attached hydrogens (tertiary/aromatic N) is 2. The van der Waals surface area contributed by atoms with Crippen molar-refractivity contribution in [3.8, 4) is 0 Å². The fourth-order valence-corrected chi connectivity index (χ4v) is 2.28. The van der Waals surface area contributed by atoms with Crippen LogP contribution in [-0.2, 0) is 11.3 Å². The van der Waals surface area contributed by atoms with Crippen LogP contribution in [0.1, 0.15) is 24.8 Å². The van der Waals surface area contributed by atoms with Gasteiger partial charge in [0.05, 0.1) is 0 Å². The molecule has 0 aromatic heterocycles. The summed E-state index contributed by atoms with van der Waals surface area (Å²) in [5, 5.41) is 3.31. The average molecular weight is 435 g/mol. The van der Waals surface area contributed by atoms with Crippen molar-refractivity contribution >= 4 is 29.9 Å². The molecule has 0 radical (unpaired) electrons. The maximum atomic E-state index is 13.2. The highest BCUT2D eigenvalue weighted by Crippen LogP contribution is 2.28. The molecular formula is C17H27FIN3O. The molecule has 1 aliphatic rings. The van der Waals surface area contributed by atoms with E-state index < -0.39 is 0 Å². The zero-order chi connectivity index (χ0) is 15.8. The van der Waals surface area contributed by atoms with Crippen molar-refractivity contribution in [1.82, 2.24) is 10.2 Å². The highest BCUT2D eigenvalue weighted by molar-refractivity contribution is 14.0. The van der Waals surface area contributed by atoms with Crippen molar-refractivity contribution in [1.29, 1.82) is 0 Å². The molecule has 0 atom stereocenters. The Morgan fingerprint density at radius 2 is 2.22 bits per heavy atom. The van der Waals surface area contributed by atoms with Crippen LogP contribution in [0.2, 0.25) is 0 Å². The third-order valence-corrected chi connectivity index (χ3v) is 3.68. The third kappa shape index (κ3) is 7.97. The summed E-state index contributed by atoms with van der Waals surface area (Å²) in [5.74, 6) is 1.42. The maximum Gasteiger partial charge on any atom is 0.193 e. The highest BCUT2D eigenvalue weighted by Gasteiger charge is 2.20. The van der Waals surface area contributed by atoms with Gasteiger partial charge in [-0.3, -0.25) is 4.99 Å². The number of ether oxygens (including phenoxy) is 1. The van der Waals surface area contributed by atoms with Gasteiger partial charge < -0.3 is 15.0 Å². The smallest absolute Gasteiger partial charge is 0.193 e. The van der Waals surface area contributed by atoms with Gasteiger partial charge in [-0.1, -0.05) is 12.1 Å². The number of nitrogens with one attached hydrogen (secondary N) is 1. The Labute approximate surface area is 155 Å². The number of aliphatic imine (C=N–C) groups is 1. The highest BCUT2D eigenvalue weighted by atomic mass is 127. The minimum atomic E-state index is -0.207. The van der Waals surface area contributed by atoms with E-state index in [1.807, 2.05) is 18.0 Å². The molecule has 0 aliphatic heterocycles. The molecule has 1 N–H and O–H groups in total. The Hall–Kier alpha value is -0.890. The molecular weight excluding hydrogens is 408 g/mol. The van der Waals surface area contributed by atoms with Gasteiger partial charge in [0.15, 0.2) is 5.96 Å². The van der Waals surface area contributed by atoms with Crippen LogP contribution in [0.3, 0.4) is 0 Å². The fourth-order valence-electron chi connectivity index (χ4n) is 2.28. The second-order valence-corrected chi connectivity index (χ2v) is 5.83. The van der Waals surface area contributed by atoms with E-state index >= 15 is 0 Å². The van der Waals surface area contributed by atoms with Crippen molar-refractivity contribution in [2.24, 2.45) is 10.9 Å². The first-order chi connectivity index (χ1) is 10.7. The number of hydrogen-bond acceptors (Lipinski definition) is 2. The number of rotatable bonds is 8. The summed E-state index contributed by atoms with van der Waals surface area (Å²) >= 11 is 0. The molecule has 6 heteroatoms. The molecule has 0 unspecified atom stereocenters. The van der Waals surface area contributed by atoms with Crippen molar-refractivity contribution in [2.45, 2.75) is 25.8 Å². The maximum absolute atomic E-state index is 13.2. The lowest BCUT2D eigenvalue weighted by molar-refractivity contribution is 0.122. The zero-order valence-electron chi connectivity index (χ0n) is 13.9. The summed E-state index contributed by atoms with van der Waals surface area (Å²) in [6.07, 6.45) is 3.62. The van der Waals surface area contributed by atoms with Gasteiger partial charge in [-0.25, -0.2) is 4.39 Å². The minimum absolute atomic E-state index is 0. The summed E-state index contributed by atoms with van der Waals surface area (Å²) in [7, 11) is 3.71. The molecule has 0 saturated heterocycles. The minimum Gasteiger partial charge on any atom is -0.381 e. The van der Waals surface area contributed by atoms with Gasteiger partial charge in [-0.15, -0.1) is 24.0 Å². The van der Waals surface area contributed by atoms with E-state index in [0.717, 1.165) is 43.6 Å². The van der Waals surface area contributed by atoms with E-state index in [1.54, 1.807) is 19.2 Å². The van der Waals surface area contributed by atoms with Gasteiger partial charge in [0.25, 0.3) is 0 Å². The lowest BCUT2D eigenvalue weighted by Crippen LogP contribution is -2.39. The number of hydrogen-bond donors (Lipinski definition) is 1. The van der Waals surface area contributed by atoms with E-state index in [1.165, 1.54) is 18.9 Å². The number of benzene rings is 1. The van der Waals surface area contributed by atoms with E-state index in [-0.39, 0.29) is 29.8 Å². The first-order valence-corrected chi connectivity index (χ1v) is 7.93. The lowest BCUT2D eigenvalue weighted by atomic mass is 10.2. The first kappa shape index (κ1) is 20.2. The summed E-state index contributed by atoms with van der Waals surface area (Å²) in [6.45, 7) is 3.14. The molecule has 0 bridgehead atoms. The standard InChI is InChI=1S/C17H26FN3O.HI/c1-19-17(20-9-4-10-22-13-14-7-8-14)21(2)12-15-5-3-6-16(18)11-15;/h3,5-6,11,14H,4,7-10,12-13H2,1-2H3,(H,19,20);1H. The van der Waals surface area contributed by atoms with E-state index in [2.05, 4.69) is 10.3 Å².